The van der Waals surface area contributed by atoms with Crippen LogP contribution in [0.15, 0.2) is 47.4 Å². The minimum Gasteiger partial charge on any atom is -0.207 e. The molecule has 88 valence electrons. The smallest absolute Gasteiger partial charge is 0.124 e. The SMILES string of the molecule is Cc1ccccc1C(C)c1ccc(F)cc1S. The monoisotopic (exact) mass is 246 g/mol. The van der Waals surface area contributed by atoms with Crippen LogP contribution in [0, 0.1) is 12.7 Å². The van der Waals surface area contributed by atoms with E-state index in [0.717, 1.165) is 5.56 Å². The molecule has 0 spiro atoms. The van der Waals surface area contributed by atoms with Crippen LogP contribution in [-0.4, -0.2) is 0 Å². The van der Waals surface area contributed by atoms with Gasteiger partial charge >= 0.3 is 0 Å². The molecule has 0 amide bonds. The van der Waals surface area contributed by atoms with Crippen molar-refractivity contribution in [1.29, 1.82) is 0 Å². The van der Waals surface area contributed by atoms with Crippen LogP contribution in [0.5, 0.6) is 0 Å². The van der Waals surface area contributed by atoms with Crippen molar-refractivity contribution < 1.29 is 4.39 Å². The van der Waals surface area contributed by atoms with Gasteiger partial charge in [0.05, 0.1) is 0 Å². The summed E-state index contributed by atoms with van der Waals surface area (Å²) in [4.78, 5) is 0.709. The summed E-state index contributed by atoms with van der Waals surface area (Å²) in [5, 5.41) is 0. The minimum atomic E-state index is -0.240. The molecule has 0 nitrogen and oxygen atoms in total. The van der Waals surface area contributed by atoms with Gasteiger partial charge in [0, 0.05) is 10.8 Å². The molecule has 0 aromatic heterocycles. The maximum absolute atomic E-state index is 13.0. The van der Waals surface area contributed by atoms with Crippen LogP contribution in [0.1, 0.15) is 29.5 Å². The largest absolute Gasteiger partial charge is 0.207 e. The second-order valence-electron chi connectivity index (χ2n) is 4.28. The first-order valence-corrected chi connectivity index (χ1v) is 6.08. The molecule has 0 aliphatic carbocycles. The zero-order valence-corrected chi connectivity index (χ0v) is 10.8. The maximum atomic E-state index is 13.0. The van der Waals surface area contributed by atoms with Gasteiger partial charge in [0.1, 0.15) is 5.82 Å². The predicted molar refractivity (Wildman–Crippen MR) is 72.3 cm³/mol. The Bertz CT molecular complexity index is 534. The molecule has 2 aromatic rings. The number of hydrogen-bond acceptors (Lipinski definition) is 1. The zero-order chi connectivity index (χ0) is 12.4. The molecule has 0 aliphatic rings. The molecule has 0 radical (unpaired) electrons. The van der Waals surface area contributed by atoms with Gasteiger partial charge in [-0.1, -0.05) is 37.3 Å². The fraction of sp³-hybridized carbons (Fsp3) is 0.200. The van der Waals surface area contributed by atoms with Gasteiger partial charge < -0.3 is 0 Å². The normalized spacial score (nSPS) is 12.5. The highest BCUT2D eigenvalue weighted by molar-refractivity contribution is 7.80. The lowest BCUT2D eigenvalue weighted by Gasteiger charge is -2.17. The predicted octanol–water partition coefficient (Wildman–Crippen LogP) is 4.57. The Balaban J connectivity index is 2.44. The van der Waals surface area contributed by atoms with Gasteiger partial charge in [0.2, 0.25) is 0 Å². The average molecular weight is 246 g/mol. The number of hydrogen-bond donors (Lipinski definition) is 1. The van der Waals surface area contributed by atoms with Gasteiger partial charge in [-0.25, -0.2) is 4.39 Å². The second-order valence-corrected chi connectivity index (χ2v) is 4.76. The maximum Gasteiger partial charge on any atom is 0.124 e. The molecule has 0 bridgehead atoms. The fourth-order valence-corrected chi connectivity index (χ4v) is 2.51. The lowest BCUT2D eigenvalue weighted by atomic mass is 9.90. The van der Waals surface area contributed by atoms with Crippen molar-refractivity contribution in [1.82, 2.24) is 0 Å². The molecule has 0 aliphatic heterocycles. The van der Waals surface area contributed by atoms with Crippen LogP contribution in [0.2, 0.25) is 0 Å². The Morgan fingerprint density at radius 3 is 2.41 bits per heavy atom. The van der Waals surface area contributed by atoms with E-state index in [2.05, 4.69) is 38.6 Å². The summed E-state index contributed by atoms with van der Waals surface area (Å²) in [5.41, 5.74) is 3.57. The molecule has 0 heterocycles. The van der Waals surface area contributed by atoms with Crippen molar-refractivity contribution in [3.8, 4) is 0 Å². The molecular formula is C15H15FS. The third-order valence-electron chi connectivity index (χ3n) is 3.11. The first-order chi connectivity index (χ1) is 8.09. The topological polar surface area (TPSA) is 0 Å². The summed E-state index contributed by atoms with van der Waals surface area (Å²) in [6, 6.07) is 13.0. The third kappa shape index (κ3) is 2.52. The summed E-state index contributed by atoms with van der Waals surface area (Å²) >= 11 is 4.35. The number of thiol groups is 1. The molecule has 1 unspecified atom stereocenters. The Kier molecular flexibility index (Phi) is 3.53. The van der Waals surface area contributed by atoms with Crippen molar-refractivity contribution in [3.63, 3.8) is 0 Å². The van der Waals surface area contributed by atoms with Crippen molar-refractivity contribution in [2.75, 3.05) is 0 Å². The summed E-state index contributed by atoms with van der Waals surface area (Å²) < 4.78 is 13.0. The fourth-order valence-electron chi connectivity index (χ4n) is 2.12. The summed E-state index contributed by atoms with van der Waals surface area (Å²) in [6.45, 7) is 4.21. The van der Waals surface area contributed by atoms with Crippen molar-refractivity contribution >= 4 is 12.6 Å². The molecule has 0 saturated carbocycles. The number of halogens is 1. The number of rotatable bonds is 2. The molecule has 2 aromatic carbocycles. The zero-order valence-electron chi connectivity index (χ0n) is 9.94. The molecule has 0 saturated heterocycles. The molecular weight excluding hydrogens is 231 g/mol. The highest BCUT2D eigenvalue weighted by Crippen LogP contribution is 2.30. The van der Waals surface area contributed by atoms with E-state index in [1.54, 1.807) is 0 Å². The van der Waals surface area contributed by atoms with E-state index in [9.17, 15) is 4.39 Å². The van der Waals surface area contributed by atoms with Crippen LogP contribution in [0.25, 0.3) is 0 Å². The van der Waals surface area contributed by atoms with Gasteiger partial charge in [-0.15, -0.1) is 12.6 Å². The van der Waals surface area contributed by atoms with Gasteiger partial charge in [-0.05, 0) is 35.7 Å². The minimum absolute atomic E-state index is 0.226. The van der Waals surface area contributed by atoms with Gasteiger partial charge in [0.15, 0.2) is 0 Å². The van der Waals surface area contributed by atoms with E-state index in [4.69, 9.17) is 0 Å². The van der Waals surface area contributed by atoms with Crippen LogP contribution in [-0.2, 0) is 0 Å². The van der Waals surface area contributed by atoms with Crippen molar-refractivity contribution in [2.24, 2.45) is 0 Å². The Labute approximate surface area is 107 Å². The second kappa shape index (κ2) is 4.92. The summed E-state index contributed by atoms with van der Waals surface area (Å²) in [5.74, 6) is -0.0139. The van der Waals surface area contributed by atoms with E-state index < -0.39 is 0 Å². The molecule has 2 heteroatoms. The van der Waals surface area contributed by atoms with Crippen molar-refractivity contribution in [3.05, 3.63) is 65.0 Å². The quantitative estimate of drug-likeness (QED) is 0.737. The molecule has 1 atom stereocenters. The Morgan fingerprint density at radius 2 is 1.76 bits per heavy atom. The van der Waals surface area contributed by atoms with Gasteiger partial charge in [-0.3, -0.25) is 0 Å². The van der Waals surface area contributed by atoms with Gasteiger partial charge in [0.25, 0.3) is 0 Å². The molecule has 0 N–H and O–H groups in total. The first-order valence-electron chi connectivity index (χ1n) is 5.63. The lowest BCUT2D eigenvalue weighted by Crippen LogP contribution is -2.00. The van der Waals surface area contributed by atoms with E-state index in [0.29, 0.717) is 4.90 Å². The van der Waals surface area contributed by atoms with E-state index in [-0.39, 0.29) is 11.7 Å². The van der Waals surface area contributed by atoms with E-state index >= 15 is 0 Å². The molecule has 17 heavy (non-hydrogen) atoms. The molecule has 2 rings (SSSR count). The van der Waals surface area contributed by atoms with Crippen LogP contribution in [0.4, 0.5) is 4.39 Å². The van der Waals surface area contributed by atoms with E-state index in [1.807, 2.05) is 18.2 Å². The number of benzene rings is 2. The highest BCUT2D eigenvalue weighted by atomic mass is 32.1. The first kappa shape index (κ1) is 12.2. The van der Waals surface area contributed by atoms with Crippen LogP contribution < -0.4 is 0 Å². The number of aryl methyl sites for hydroxylation is 1. The Morgan fingerprint density at radius 1 is 1.06 bits per heavy atom. The standard InChI is InChI=1S/C15H15FS/c1-10-5-3-4-6-13(10)11(2)14-8-7-12(16)9-15(14)17/h3-9,11,17H,1-2H3. The van der Waals surface area contributed by atoms with Crippen molar-refractivity contribution in [2.45, 2.75) is 24.7 Å². The highest BCUT2D eigenvalue weighted by Gasteiger charge is 2.13. The van der Waals surface area contributed by atoms with Crippen LogP contribution in [0.3, 0.4) is 0 Å². The average Bonchev–Trinajstić information content (AvgIpc) is 2.29. The van der Waals surface area contributed by atoms with Gasteiger partial charge in [-0.2, -0.15) is 0 Å². The molecule has 0 fully saturated rings. The third-order valence-corrected chi connectivity index (χ3v) is 3.50. The van der Waals surface area contributed by atoms with Crippen LogP contribution >= 0.6 is 12.6 Å². The summed E-state index contributed by atoms with van der Waals surface area (Å²) in [7, 11) is 0. The lowest BCUT2D eigenvalue weighted by molar-refractivity contribution is 0.622. The summed E-state index contributed by atoms with van der Waals surface area (Å²) in [6.07, 6.45) is 0. The Hall–Kier alpha value is -1.28. The van der Waals surface area contributed by atoms with E-state index in [1.165, 1.54) is 23.3 Å².